The number of aryl methyl sites for hydroxylation is 2. The highest BCUT2D eigenvalue weighted by molar-refractivity contribution is 7.13. The lowest BCUT2D eigenvalue weighted by atomic mass is 9.98. The molecule has 2 aromatic carbocycles. The predicted molar refractivity (Wildman–Crippen MR) is 182 cm³/mol. The Morgan fingerprint density at radius 2 is 1.96 bits per heavy atom. The molecule has 10 nitrogen and oxygen atoms in total. The van der Waals surface area contributed by atoms with Crippen molar-refractivity contribution in [2.45, 2.75) is 58.6 Å². The van der Waals surface area contributed by atoms with Crippen molar-refractivity contribution in [3.8, 4) is 0 Å². The molecule has 2 amide bonds. The third-order valence-corrected chi connectivity index (χ3v) is 10.2. The number of thiophene rings is 1. The van der Waals surface area contributed by atoms with Crippen molar-refractivity contribution >= 4 is 45.5 Å². The quantitative estimate of drug-likeness (QED) is 0.134. The maximum atomic E-state index is 13.4. The van der Waals surface area contributed by atoms with Crippen molar-refractivity contribution in [2.75, 3.05) is 39.3 Å². The molecule has 0 spiro atoms. The van der Waals surface area contributed by atoms with Crippen LogP contribution in [0.4, 0.5) is 10.5 Å². The van der Waals surface area contributed by atoms with Crippen molar-refractivity contribution < 1.29 is 19.1 Å². The van der Waals surface area contributed by atoms with Gasteiger partial charge in [0, 0.05) is 60.0 Å². The molecule has 1 atom stereocenters. The highest BCUT2D eigenvalue weighted by atomic mass is 32.1. The lowest BCUT2D eigenvalue weighted by Crippen LogP contribution is -2.43. The number of benzene rings is 2. The van der Waals surface area contributed by atoms with Crippen molar-refractivity contribution in [3.63, 3.8) is 0 Å². The molecular formula is C36H40N6O4S. The Kier molecular flexibility index (Phi) is 10.1. The fourth-order valence-electron chi connectivity index (χ4n) is 6.67. The van der Waals surface area contributed by atoms with E-state index in [2.05, 4.69) is 20.2 Å². The molecule has 6 rings (SSSR count). The molecule has 244 valence electrons. The normalized spacial score (nSPS) is 16.5. The Labute approximate surface area is 279 Å². The molecule has 1 N–H and O–H groups in total. The highest BCUT2D eigenvalue weighted by Crippen LogP contribution is 2.40. The van der Waals surface area contributed by atoms with Gasteiger partial charge < -0.3 is 19.9 Å². The maximum Gasteiger partial charge on any atom is 0.342 e. The first-order valence-electron chi connectivity index (χ1n) is 16.3. The SMILES string of the molecule is [C-]#[N+]c1c(CC(=O)c2cccc3ccccc23)sc2c1CCN(C(=O)CCN1CCCC(OCCNC(=O)n3nc(C)cc3C)C1)C2. The number of carbonyl (C=O) groups is 3. The number of hydrogen-bond donors (Lipinski definition) is 1. The molecular weight excluding hydrogens is 613 g/mol. The van der Waals surface area contributed by atoms with Gasteiger partial charge in [0.15, 0.2) is 5.78 Å². The van der Waals surface area contributed by atoms with Gasteiger partial charge in [0.25, 0.3) is 0 Å². The molecule has 1 fully saturated rings. The van der Waals surface area contributed by atoms with E-state index in [-0.39, 0.29) is 30.2 Å². The fourth-order valence-corrected chi connectivity index (χ4v) is 7.98. The number of nitrogens with one attached hydrogen (secondary N) is 1. The van der Waals surface area contributed by atoms with Gasteiger partial charge in [0.2, 0.25) is 11.6 Å². The van der Waals surface area contributed by atoms with E-state index >= 15 is 0 Å². The Bertz CT molecular complexity index is 1830. The molecule has 0 aliphatic carbocycles. The zero-order valence-electron chi connectivity index (χ0n) is 27.0. The van der Waals surface area contributed by atoms with Crippen LogP contribution in [0.2, 0.25) is 0 Å². The predicted octanol–water partition coefficient (Wildman–Crippen LogP) is 5.70. The molecule has 4 heterocycles. The van der Waals surface area contributed by atoms with Crippen LogP contribution in [-0.4, -0.2) is 82.7 Å². The molecule has 1 unspecified atom stereocenters. The minimum absolute atomic E-state index is 0.00573. The number of rotatable bonds is 10. The summed E-state index contributed by atoms with van der Waals surface area (Å²) in [6.07, 6.45) is 3.26. The van der Waals surface area contributed by atoms with Gasteiger partial charge in [-0.2, -0.15) is 21.1 Å². The summed E-state index contributed by atoms with van der Waals surface area (Å²) in [4.78, 5) is 48.9. The van der Waals surface area contributed by atoms with Gasteiger partial charge >= 0.3 is 6.03 Å². The van der Waals surface area contributed by atoms with Gasteiger partial charge in [0.1, 0.15) is 0 Å². The van der Waals surface area contributed by atoms with E-state index in [1.807, 2.05) is 67.3 Å². The number of amides is 2. The standard InChI is InChI=1S/C36H40N6O4S/c1-24-20-25(2)42(39-24)36(45)38-15-19-46-27-10-7-16-40(22-27)17-14-34(44)41-18-13-30-33(23-41)47-32(35(30)37-3)21-31(43)29-12-6-9-26-8-4-5-11-28(26)29/h4-6,8-9,11-12,20,27H,7,10,13-19,21-23H2,1-2H3,(H,38,45). The van der Waals surface area contributed by atoms with Gasteiger partial charge in [-0.3, -0.25) is 9.59 Å². The number of ketones is 1. The monoisotopic (exact) mass is 652 g/mol. The van der Waals surface area contributed by atoms with Gasteiger partial charge in [-0.1, -0.05) is 42.5 Å². The second kappa shape index (κ2) is 14.6. The number of hydrogen-bond acceptors (Lipinski definition) is 7. The van der Waals surface area contributed by atoms with E-state index in [4.69, 9.17) is 11.3 Å². The zero-order chi connectivity index (χ0) is 32.9. The highest BCUT2D eigenvalue weighted by Gasteiger charge is 2.29. The van der Waals surface area contributed by atoms with Crippen molar-refractivity contribution in [1.29, 1.82) is 0 Å². The molecule has 2 aliphatic rings. The van der Waals surface area contributed by atoms with Crippen LogP contribution >= 0.6 is 11.3 Å². The van der Waals surface area contributed by atoms with E-state index < -0.39 is 0 Å². The average molecular weight is 653 g/mol. The van der Waals surface area contributed by atoms with Crippen LogP contribution in [-0.2, 0) is 28.9 Å². The number of Topliss-reactive ketones (excluding diaryl/α,β-unsaturated/α-hetero) is 1. The van der Waals surface area contributed by atoms with E-state index in [1.165, 1.54) is 16.0 Å². The minimum Gasteiger partial charge on any atom is -0.375 e. The average Bonchev–Trinajstić information content (AvgIpc) is 3.62. The van der Waals surface area contributed by atoms with Crippen LogP contribution in [0.3, 0.4) is 0 Å². The summed E-state index contributed by atoms with van der Waals surface area (Å²) in [5.74, 6) is 0.114. The largest absolute Gasteiger partial charge is 0.375 e. The number of likely N-dealkylation sites (tertiary alicyclic amines) is 1. The molecule has 1 saturated heterocycles. The number of carbonyl (C=O) groups excluding carboxylic acids is 3. The summed E-state index contributed by atoms with van der Waals surface area (Å²) in [5.41, 5.74) is 3.86. The van der Waals surface area contributed by atoms with Crippen LogP contribution in [0.5, 0.6) is 0 Å². The molecule has 0 bridgehead atoms. The van der Waals surface area contributed by atoms with Crippen LogP contribution in [0.1, 0.15) is 56.3 Å². The molecule has 47 heavy (non-hydrogen) atoms. The zero-order valence-corrected chi connectivity index (χ0v) is 27.8. The third-order valence-electron chi connectivity index (χ3n) is 9.01. The second-order valence-corrected chi connectivity index (χ2v) is 13.5. The number of aromatic nitrogens is 2. The Hall–Kier alpha value is -4.37. The summed E-state index contributed by atoms with van der Waals surface area (Å²) in [5, 5.41) is 9.01. The topological polar surface area (TPSA) is 101 Å². The molecule has 2 aliphatic heterocycles. The van der Waals surface area contributed by atoms with E-state index in [9.17, 15) is 14.4 Å². The molecule has 0 radical (unpaired) electrons. The van der Waals surface area contributed by atoms with E-state index in [0.717, 1.165) is 63.4 Å². The summed E-state index contributed by atoms with van der Waals surface area (Å²) in [6.45, 7) is 15.8. The molecule has 11 heteroatoms. The first-order chi connectivity index (χ1) is 22.8. The summed E-state index contributed by atoms with van der Waals surface area (Å²) in [7, 11) is 0. The lowest BCUT2D eigenvalue weighted by molar-refractivity contribution is -0.132. The van der Waals surface area contributed by atoms with Crippen LogP contribution < -0.4 is 5.32 Å². The van der Waals surface area contributed by atoms with Crippen molar-refractivity contribution in [3.05, 3.63) is 92.2 Å². The second-order valence-electron chi connectivity index (χ2n) is 12.3. The Balaban J connectivity index is 0.978. The van der Waals surface area contributed by atoms with E-state index in [1.54, 1.807) is 0 Å². The fraction of sp³-hybridized carbons (Fsp3) is 0.417. The van der Waals surface area contributed by atoms with Crippen LogP contribution in [0.25, 0.3) is 15.6 Å². The number of nitrogens with zero attached hydrogens (tertiary/aromatic N) is 5. The Morgan fingerprint density at radius 3 is 2.77 bits per heavy atom. The minimum atomic E-state index is -0.258. The number of ether oxygens (including phenoxy) is 1. The summed E-state index contributed by atoms with van der Waals surface area (Å²) >= 11 is 1.51. The van der Waals surface area contributed by atoms with Gasteiger partial charge in [-0.25, -0.2) is 9.64 Å². The molecule has 2 aromatic heterocycles. The van der Waals surface area contributed by atoms with Gasteiger partial charge in [-0.15, -0.1) is 0 Å². The summed E-state index contributed by atoms with van der Waals surface area (Å²) < 4.78 is 7.44. The smallest absolute Gasteiger partial charge is 0.342 e. The Morgan fingerprint density at radius 1 is 1.13 bits per heavy atom. The van der Waals surface area contributed by atoms with Gasteiger partial charge in [0.05, 0.1) is 31.5 Å². The first-order valence-corrected chi connectivity index (χ1v) is 17.1. The lowest BCUT2D eigenvalue weighted by Gasteiger charge is -2.33. The van der Waals surface area contributed by atoms with Gasteiger partial charge in [-0.05, 0) is 62.1 Å². The number of piperidine rings is 1. The third kappa shape index (κ3) is 7.46. The number of fused-ring (bicyclic) bond motifs is 2. The first kappa shape index (κ1) is 32.6. The van der Waals surface area contributed by atoms with Crippen molar-refractivity contribution in [1.82, 2.24) is 24.9 Å². The van der Waals surface area contributed by atoms with E-state index in [0.29, 0.717) is 56.9 Å². The molecule has 4 aromatic rings. The summed E-state index contributed by atoms with van der Waals surface area (Å²) in [6, 6.07) is 15.2. The van der Waals surface area contributed by atoms with Crippen LogP contribution in [0.15, 0.2) is 48.5 Å². The van der Waals surface area contributed by atoms with Crippen LogP contribution in [0, 0.1) is 20.4 Å². The molecule has 0 saturated carbocycles. The van der Waals surface area contributed by atoms with Crippen molar-refractivity contribution in [2.24, 2.45) is 0 Å². The maximum absolute atomic E-state index is 13.4.